The van der Waals surface area contributed by atoms with E-state index in [4.69, 9.17) is 34.8 Å². The molecule has 10 heteroatoms. The van der Waals surface area contributed by atoms with Crippen LogP contribution in [0.3, 0.4) is 0 Å². The van der Waals surface area contributed by atoms with Crippen LogP contribution in [-0.2, 0) is 15.8 Å². The molecule has 0 aliphatic carbocycles. The second-order valence-electron chi connectivity index (χ2n) is 5.91. The standard InChI is InChI=1S/C19H14Cl3F3N2O2/c1-27(10-16(28)26-18-14(21)3-2-4-15(18)22)17(29)8-5-11-9-12(19(23,24)25)6-7-13(11)20/h2-9H,10H2,1H3,(H,26,28). The molecule has 0 radical (unpaired) electrons. The van der Waals surface area contributed by atoms with Crippen molar-refractivity contribution in [3.8, 4) is 0 Å². The first-order chi connectivity index (χ1) is 13.5. The van der Waals surface area contributed by atoms with Gasteiger partial charge in [0, 0.05) is 18.1 Å². The highest BCUT2D eigenvalue weighted by molar-refractivity contribution is 6.39. The Bertz CT molecular complexity index is 942. The molecule has 0 saturated heterocycles. The SMILES string of the molecule is CN(CC(=O)Nc1c(Cl)cccc1Cl)C(=O)C=Cc1cc(C(F)(F)F)ccc1Cl. The summed E-state index contributed by atoms with van der Waals surface area (Å²) < 4.78 is 38.4. The number of para-hydroxylation sites is 1. The van der Waals surface area contributed by atoms with Crippen LogP contribution >= 0.6 is 34.8 Å². The Morgan fingerprint density at radius 1 is 1.07 bits per heavy atom. The number of carbonyl (C=O) groups is 2. The van der Waals surface area contributed by atoms with Gasteiger partial charge >= 0.3 is 6.18 Å². The number of carbonyl (C=O) groups excluding carboxylic acids is 2. The van der Waals surface area contributed by atoms with Gasteiger partial charge in [-0.3, -0.25) is 9.59 Å². The lowest BCUT2D eigenvalue weighted by Crippen LogP contribution is -2.34. The molecule has 2 rings (SSSR count). The molecule has 0 heterocycles. The summed E-state index contributed by atoms with van der Waals surface area (Å²) in [4.78, 5) is 25.4. The summed E-state index contributed by atoms with van der Waals surface area (Å²) in [6.07, 6.45) is -2.36. The number of likely N-dealkylation sites (N-methyl/N-ethyl adjacent to an activating group) is 1. The molecule has 154 valence electrons. The highest BCUT2D eigenvalue weighted by Crippen LogP contribution is 2.32. The Balaban J connectivity index is 2.04. The van der Waals surface area contributed by atoms with Crippen LogP contribution in [0, 0.1) is 0 Å². The number of amides is 2. The van der Waals surface area contributed by atoms with Crippen molar-refractivity contribution >= 4 is 58.4 Å². The molecular weight excluding hydrogens is 452 g/mol. The molecule has 2 amide bonds. The first kappa shape index (κ1) is 23.1. The van der Waals surface area contributed by atoms with Crippen LogP contribution in [0.5, 0.6) is 0 Å². The molecule has 2 aromatic carbocycles. The minimum atomic E-state index is -4.54. The maximum Gasteiger partial charge on any atom is 0.416 e. The molecular formula is C19H14Cl3F3N2O2. The zero-order valence-electron chi connectivity index (χ0n) is 14.9. The number of rotatable bonds is 5. The second kappa shape index (κ2) is 9.52. The number of hydrogen-bond acceptors (Lipinski definition) is 2. The number of nitrogens with one attached hydrogen (secondary N) is 1. The number of anilines is 1. The first-order valence-electron chi connectivity index (χ1n) is 8.03. The van der Waals surface area contributed by atoms with E-state index in [9.17, 15) is 22.8 Å². The normalized spacial score (nSPS) is 11.6. The van der Waals surface area contributed by atoms with Gasteiger partial charge in [-0.2, -0.15) is 13.2 Å². The third-order valence-corrected chi connectivity index (χ3v) is 4.69. The lowest BCUT2D eigenvalue weighted by molar-refractivity contribution is -0.137. The number of alkyl halides is 3. The molecule has 0 aromatic heterocycles. The van der Waals surface area contributed by atoms with Crippen molar-refractivity contribution in [1.82, 2.24) is 4.90 Å². The predicted molar refractivity (Wildman–Crippen MR) is 108 cm³/mol. The van der Waals surface area contributed by atoms with E-state index in [1.807, 2.05) is 0 Å². The van der Waals surface area contributed by atoms with Crippen LogP contribution in [0.25, 0.3) is 6.08 Å². The van der Waals surface area contributed by atoms with Crippen molar-refractivity contribution in [2.24, 2.45) is 0 Å². The van der Waals surface area contributed by atoms with E-state index < -0.39 is 23.6 Å². The Morgan fingerprint density at radius 2 is 1.69 bits per heavy atom. The highest BCUT2D eigenvalue weighted by atomic mass is 35.5. The van der Waals surface area contributed by atoms with Crippen molar-refractivity contribution in [3.05, 3.63) is 68.7 Å². The monoisotopic (exact) mass is 464 g/mol. The van der Waals surface area contributed by atoms with Crippen LogP contribution in [-0.4, -0.2) is 30.3 Å². The Kier molecular flexibility index (Phi) is 7.57. The molecule has 4 nitrogen and oxygen atoms in total. The fourth-order valence-corrected chi connectivity index (χ4v) is 2.90. The average molecular weight is 466 g/mol. The smallest absolute Gasteiger partial charge is 0.333 e. The molecule has 0 aliphatic rings. The Labute approximate surface area is 179 Å². The van der Waals surface area contributed by atoms with E-state index in [2.05, 4.69) is 5.32 Å². The van der Waals surface area contributed by atoms with E-state index >= 15 is 0 Å². The van der Waals surface area contributed by atoms with Gasteiger partial charge in [0.25, 0.3) is 0 Å². The summed E-state index contributed by atoms with van der Waals surface area (Å²) in [5, 5.41) is 3.03. The molecule has 1 N–H and O–H groups in total. The predicted octanol–water partition coefficient (Wildman–Crippen LogP) is 5.78. The molecule has 0 aliphatic heterocycles. The minimum Gasteiger partial charge on any atom is -0.333 e. The van der Waals surface area contributed by atoms with Crippen LogP contribution in [0.15, 0.2) is 42.5 Å². The summed E-state index contributed by atoms with van der Waals surface area (Å²) >= 11 is 17.8. The zero-order valence-corrected chi connectivity index (χ0v) is 17.1. The summed E-state index contributed by atoms with van der Waals surface area (Å²) in [6.45, 7) is -0.332. The fourth-order valence-electron chi connectivity index (χ4n) is 2.23. The molecule has 0 spiro atoms. The minimum absolute atomic E-state index is 0.0237. The van der Waals surface area contributed by atoms with Gasteiger partial charge in [-0.15, -0.1) is 0 Å². The topological polar surface area (TPSA) is 49.4 Å². The molecule has 0 atom stereocenters. The largest absolute Gasteiger partial charge is 0.416 e. The van der Waals surface area contributed by atoms with Crippen molar-refractivity contribution in [3.63, 3.8) is 0 Å². The van der Waals surface area contributed by atoms with Crippen LogP contribution in [0.4, 0.5) is 18.9 Å². The van der Waals surface area contributed by atoms with E-state index in [1.54, 1.807) is 18.2 Å². The Morgan fingerprint density at radius 3 is 2.28 bits per heavy atom. The van der Waals surface area contributed by atoms with Crippen molar-refractivity contribution in [1.29, 1.82) is 0 Å². The summed E-state index contributed by atoms with van der Waals surface area (Å²) in [5.41, 5.74) is -0.651. The van der Waals surface area contributed by atoms with Crippen LogP contribution in [0.2, 0.25) is 15.1 Å². The van der Waals surface area contributed by atoms with Gasteiger partial charge in [-0.25, -0.2) is 0 Å². The van der Waals surface area contributed by atoms with E-state index in [1.165, 1.54) is 7.05 Å². The van der Waals surface area contributed by atoms with Gasteiger partial charge in [-0.1, -0.05) is 40.9 Å². The van der Waals surface area contributed by atoms with Crippen molar-refractivity contribution < 1.29 is 22.8 Å². The zero-order chi connectivity index (χ0) is 21.8. The third kappa shape index (κ3) is 6.39. The highest BCUT2D eigenvalue weighted by Gasteiger charge is 2.30. The summed E-state index contributed by atoms with van der Waals surface area (Å²) in [6, 6.07) is 7.47. The van der Waals surface area contributed by atoms with E-state index in [0.717, 1.165) is 35.3 Å². The maximum absolute atomic E-state index is 12.8. The molecule has 0 fully saturated rings. The number of benzene rings is 2. The average Bonchev–Trinajstić information content (AvgIpc) is 2.62. The van der Waals surface area contributed by atoms with Gasteiger partial charge in [0.2, 0.25) is 11.8 Å². The number of hydrogen-bond donors (Lipinski definition) is 1. The molecule has 2 aromatic rings. The summed E-state index contributed by atoms with van der Waals surface area (Å²) in [7, 11) is 1.36. The van der Waals surface area contributed by atoms with Gasteiger partial charge in [-0.05, 0) is 42.0 Å². The van der Waals surface area contributed by atoms with E-state index in [0.29, 0.717) is 0 Å². The summed E-state index contributed by atoms with van der Waals surface area (Å²) in [5.74, 6) is -1.17. The molecule has 0 bridgehead atoms. The fraction of sp³-hybridized carbons (Fsp3) is 0.158. The van der Waals surface area contributed by atoms with Crippen LogP contribution < -0.4 is 5.32 Å². The van der Waals surface area contributed by atoms with Gasteiger partial charge < -0.3 is 10.2 Å². The van der Waals surface area contributed by atoms with E-state index in [-0.39, 0.29) is 32.9 Å². The maximum atomic E-state index is 12.8. The lowest BCUT2D eigenvalue weighted by Gasteiger charge is -2.16. The number of halogens is 6. The van der Waals surface area contributed by atoms with Crippen LogP contribution in [0.1, 0.15) is 11.1 Å². The van der Waals surface area contributed by atoms with Crippen molar-refractivity contribution in [2.45, 2.75) is 6.18 Å². The second-order valence-corrected chi connectivity index (χ2v) is 7.13. The Hall–Kier alpha value is -2.22. The van der Waals surface area contributed by atoms with Gasteiger partial charge in [0.15, 0.2) is 0 Å². The van der Waals surface area contributed by atoms with Gasteiger partial charge in [0.1, 0.15) is 0 Å². The van der Waals surface area contributed by atoms with Crippen molar-refractivity contribution in [2.75, 3.05) is 18.9 Å². The lowest BCUT2D eigenvalue weighted by atomic mass is 10.1. The first-order valence-corrected chi connectivity index (χ1v) is 9.16. The molecule has 0 saturated carbocycles. The molecule has 0 unspecified atom stereocenters. The molecule has 29 heavy (non-hydrogen) atoms. The van der Waals surface area contributed by atoms with Gasteiger partial charge in [0.05, 0.1) is 27.8 Å². The number of nitrogens with zero attached hydrogens (tertiary/aromatic N) is 1. The third-order valence-electron chi connectivity index (χ3n) is 3.71. The quantitative estimate of drug-likeness (QED) is 0.570.